The third-order valence-corrected chi connectivity index (χ3v) is 3.63. The number of amides is 1. The Balaban J connectivity index is 0.00000220. The zero-order chi connectivity index (χ0) is 14.7. The molecule has 1 radical (unpaired) electrons. The molecule has 6 nitrogen and oxygen atoms in total. The van der Waals surface area contributed by atoms with Crippen LogP contribution in [0.15, 0.2) is 12.1 Å². The topological polar surface area (TPSA) is 72.7 Å². The van der Waals surface area contributed by atoms with Crippen LogP contribution in [0.25, 0.3) is 0 Å². The minimum atomic E-state index is -0.226. The molecular formula is C13H16N5OSY-. The maximum absolute atomic E-state index is 12.3. The molecule has 0 fully saturated rings. The molecule has 1 amide bonds. The number of aryl methyl sites for hydroxylation is 1. The number of nitrogens with zero attached hydrogens (tertiary/aromatic N) is 4. The van der Waals surface area contributed by atoms with Crippen LogP contribution in [0.4, 0.5) is 5.95 Å². The zero-order valence-corrected chi connectivity index (χ0v) is 15.9. The van der Waals surface area contributed by atoms with Crippen molar-refractivity contribution in [3.63, 3.8) is 0 Å². The second-order valence-electron chi connectivity index (χ2n) is 4.50. The molecule has 1 aromatic heterocycles. The van der Waals surface area contributed by atoms with E-state index in [1.54, 1.807) is 19.2 Å². The summed E-state index contributed by atoms with van der Waals surface area (Å²) in [6.45, 7) is 1.92. The van der Waals surface area contributed by atoms with Crippen LogP contribution in [0.2, 0.25) is 0 Å². The van der Waals surface area contributed by atoms with Crippen LogP contribution in [0.1, 0.15) is 21.5 Å². The second-order valence-corrected chi connectivity index (χ2v) is 6.35. The van der Waals surface area contributed by atoms with Crippen LogP contribution in [-0.2, 0) is 45.5 Å². The minimum Gasteiger partial charge on any atom is -0.291 e. The standard InChI is InChI=1S/C13H16N5OS.Y/c1-9-10(8-20(3)4)6-5-7-11(9)12(19)14-13-15-16-17-18(13)2;/h5,7H,3,8H2,1-2,4H3,(H,14,15,17,19);/q-1;. The predicted molar refractivity (Wildman–Crippen MR) is 81.1 cm³/mol. The van der Waals surface area contributed by atoms with Gasteiger partial charge in [-0.2, -0.15) is 28.7 Å². The first-order valence-corrected chi connectivity index (χ1v) is 7.92. The molecule has 0 saturated heterocycles. The molecule has 0 aliphatic heterocycles. The SMILES string of the molecule is C=S(C)Cc1[c-]ccc(C(=O)Nc2nnnn2C)c1C.[Y]. The van der Waals surface area contributed by atoms with Gasteiger partial charge in [-0.3, -0.25) is 10.1 Å². The smallest absolute Gasteiger partial charge is 0.249 e. The summed E-state index contributed by atoms with van der Waals surface area (Å²) in [7, 11) is 1.68. The Morgan fingerprint density at radius 1 is 1.57 bits per heavy atom. The summed E-state index contributed by atoms with van der Waals surface area (Å²) < 4.78 is 1.41. The van der Waals surface area contributed by atoms with Crippen molar-refractivity contribution >= 4 is 28.2 Å². The predicted octanol–water partition coefficient (Wildman–Crippen LogP) is 1.40. The zero-order valence-electron chi connectivity index (χ0n) is 12.3. The fraction of sp³-hybridized carbons (Fsp3) is 0.308. The maximum Gasteiger partial charge on any atom is 0.249 e. The summed E-state index contributed by atoms with van der Waals surface area (Å²) in [5.41, 5.74) is 2.55. The molecule has 0 spiro atoms. The van der Waals surface area contributed by atoms with Gasteiger partial charge in [0.05, 0.1) is 0 Å². The molecule has 109 valence electrons. The first kappa shape index (κ1) is 18.1. The van der Waals surface area contributed by atoms with E-state index < -0.39 is 0 Å². The summed E-state index contributed by atoms with van der Waals surface area (Å²) in [6, 6.07) is 6.68. The molecule has 0 aliphatic carbocycles. The van der Waals surface area contributed by atoms with E-state index in [-0.39, 0.29) is 49.1 Å². The van der Waals surface area contributed by atoms with E-state index in [1.165, 1.54) is 4.68 Å². The molecule has 21 heavy (non-hydrogen) atoms. The van der Waals surface area contributed by atoms with E-state index >= 15 is 0 Å². The van der Waals surface area contributed by atoms with E-state index in [0.717, 1.165) is 16.9 Å². The van der Waals surface area contributed by atoms with Gasteiger partial charge < -0.3 is 0 Å². The van der Waals surface area contributed by atoms with Gasteiger partial charge in [0.1, 0.15) is 0 Å². The molecular weight excluding hydrogens is 363 g/mol. The molecule has 2 aromatic rings. The quantitative estimate of drug-likeness (QED) is 0.644. The Bertz CT molecular complexity index is 670. The number of carbonyl (C=O) groups excluding carboxylic acids is 1. The van der Waals surface area contributed by atoms with Crippen molar-refractivity contribution in [2.24, 2.45) is 7.05 Å². The van der Waals surface area contributed by atoms with Gasteiger partial charge in [-0.25, -0.2) is 4.68 Å². The molecule has 0 bridgehead atoms. The van der Waals surface area contributed by atoms with Crippen LogP contribution in [0.3, 0.4) is 0 Å². The molecule has 1 N–H and O–H groups in total. The number of hydrogen-bond acceptors (Lipinski definition) is 4. The van der Waals surface area contributed by atoms with Crippen LogP contribution in [0, 0.1) is 13.0 Å². The summed E-state index contributed by atoms with van der Waals surface area (Å²) in [6.07, 6.45) is 2.06. The van der Waals surface area contributed by atoms with Crippen LogP contribution in [-0.4, -0.2) is 38.2 Å². The van der Waals surface area contributed by atoms with E-state index in [4.69, 9.17) is 0 Å². The fourth-order valence-electron chi connectivity index (χ4n) is 1.77. The van der Waals surface area contributed by atoms with E-state index in [2.05, 4.69) is 39.0 Å². The molecule has 1 atom stereocenters. The maximum atomic E-state index is 12.3. The van der Waals surface area contributed by atoms with Gasteiger partial charge in [-0.05, 0) is 22.4 Å². The summed E-state index contributed by atoms with van der Waals surface area (Å²) in [5, 5.41) is 13.6. The van der Waals surface area contributed by atoms with E-state index in [1.807, 2.05) is 6.92 Å². The Kier molecular flexibility index (Phi) is 6.83. The minimum absolute atomic E-state index is 0. The number of rotatable bonds is 4. The van der Waals surface area contributed by atoms with Gasteiger partial charge >= 0.3 is 0 Å². The van der Waals surface area contributed by atoms with Crippen molar-refractivity contribution in [1.29, 1.82) is 0 Å². The third-order valence-electron chi connectivity index (χ3n) is 2.85. The fourth-order valence-corrected chi connectivity index (χ4v) is 2.56. The number of anilines is 1. The number of carbonyl (C=O) groups is 1. The Labute approximate surface area is 151 Å². The van der Waals surface area contributed by atoms with Crippen molar-refractivity contribution in [2.75, 3.05) is 11.6 Å². The van der Waals surface area contributed by atoms with Crippen LogP contribution >= 0.6 is 10.5 Å². The normalized spacial score (nSPS) is 11.6. The van der Waals surface area contributed by atoms with Gasteiger partial charge in [0.15, 0.2) is 0 Å². The van der Waals surface area contributed by atoms with E-state index in [9.17, 15) is 4.79 Å². The Morgan fingerprint density at radius 3 is 2.86 bits per heavy atom. The number of aromatic nitrogens is 4. The summed E-state index contributed by atoms with van der Waals surface area (Å²) >= 11 is 0. The van der Waals surface area contributed by atoms with Crippen LogP contribution in [0.5, 0.6) is 0 Å². The number of tetrazole rings is 1. The van der Waals surface area contributed by atoms with Gasteiger partial charge in [0, 0.05) is 39.8 Å². The summed E-state index contributed by atoms with van der Waals surface area (Å²) in [5.74, 6) is 4.91. The van der Waals surface area contributed by atoms with Crippen molar-refractivity contribution in [1.82, 2.24) is 20.2 Å². The Morgan fingerprint density at radius 2 is 2.29 bits per heavy atom. The van der Waals surface area contributed by atoms with Crippen molar-refractivity contribution in [2.45, 2.75) is 12.7 Å². The van der Waals surface area contributed by atoms with Gasteiger partial charge in [-0.1, -0.05) is 23.5 Å². The van der Waals surface area contributed by atoms with Crippen LogP contribution < -0.4 is 5.32 Å². The molecule has 0 saturated carbocycles. The van der Waals surface area contributed by atoms with Gasteiger partial charge in [0.2, 0.25) is 11.9 Å². The first-order valence-electron chi connectivity index (χ1n) is 5.95. The second kappa shape index (κ2) is 7.91. The van der Waals surface area contributed by atoms with Gasteiger partial charge in [0.25, 0.3) is 0 Å². The van der Waals surface area contributed by atoms with E-state index in [0.29, 0.717) is 11.5 Å². The van der Waals surface area contributed by atoms with Crippen molar-refractivity contribution < 1.29 is 37.5 Å². The summed E-state index contributed by atoms with van der Waals surface area (Å²) in [4.78, 5) is 12.3. The number of hydrogen-bond donors (Lipinski definition) is 1. The van der Waals surface area contributed by atoms with Gasteiger partial charge in [-0.15, -0.1) is 11.1 Å². The molecule has 1 heterocycles. The molecule has 1 aromatic carbocycles. The largest absolute Gasteiger partial charge is 0.291 e. The number of benzene rings is 1. The van der Waals surface area contributed by atoms with Crippen molar-refractivity contribution in [3.8, 4) is 0 Å². The molecule has 8 heteroatoms. The monoisotopic (exact) mass is 379 g/mol. The number of nitrogens with one attached hydrogen (secondary N) is 1. The molecule has 1 unspecified atom stereocenters. The third kappa shape index (κ3) is 4.53. The average Bonchev–Trinajstić information content (AvgIpc) is 2.77. The molecule has 0 aliphatic rings. The van der Waals surface area contributed by atoms with Crippen molar-refractivity contribution in [3.05, 3.63) is 34.9 Å². The Hall–Kier alpha value is -0.916. The average molecular weight is 379 g/mol. The molecule has 2 rings (SSSR count). The first-order chi connectivity index (χ1) is 9.49.